The van der Waals surface area contributed by atoms with Gasteiger partial charge in [0.05, 0.1) is 0 Å². The number of aliphatic carboxylic acids is 1. The Bertz CT molecular complexity index is 283. The van der Waals surface area contributed by atoms with E-state index in [2.05, 4.69) is 10.6 Å². The molecule has 0 rings (SSSR count). The van der Waals surface area contributed by atoms with Crippen LogP contribution in [0.4, 0.5) is 0 Å². The monoisotopic (exact) mass is 262 g/mol. The summed E-state index contributed by atoms with van der Waals surface area (Å²) < 4.78 is 0. The molecule has 0 radical (unpaired) electrons. The zero-order valence-corrected chi connectivity index (χ0v) is 10.8. The first-order valence-electron chi connectivity index (χ1n) is 5.25. The summed E-state index contributed by atoms with van der Waals surface area (Å²) in [7, 11) is 1.57. The van der Waals surface area contributed by atoms with Crippen molar-refractivity contribution in [1.82, 2.24) is 10.6 Å². The van der Waals surface area contributed by atoms with Crippen LogP contribution < -0.4 is 10.6 Å². The topological polar surface area (TPSA) is 95.5 Å². The lowest BCUT2D eigenvalue weighted by Crippen LogP contribution is -2.39. The second-order valence-corrected chi connectivity index (χ2v) is 4.64. The molecule has 3 N–H and O–H groups in total. The van der Waals surface area contributed by atoms with E-state index in [0.717, 1.165) is 0 Å². The number of thioether (sulfide) groups is 1. The number of carboxylic acid groups (broad SMARTS) is 1. The predicted molar refractivity (Wildman–Crippen MR) is 65.9 cm³/mol. The molecule has 0 bridgehead atoms. The highest BCUT2D eigenvalue weighted by molar-refractivity contribution is 7.99. The lowest BCUT2D eigenvalue weighted by atomic mass is 10.2. The number of hydrogen-bond donors (Lipinski definition) is 3. The van der Waals surface area contributed by atoms with Gasteiger partial charge < -0.3 is 15.7 Å². The molecule has 0 aromatic rings. The van der Waals surface area contributed by atoms with Gasteiger partial charge in [0.1, 0.15) is 6.04 Å². The van der Waals surface area contributed by atoms with Gasteiger partial charge in [0.25, 0.3) is 0 Å². The summed E-state index contributed by atoms with van der Waals surface area (Å²) >= 11 is 1.49. The van der Waals surface area contributed by atoms with Gasteiger partial charge in [-0.15, -0.1) is 0 Å². The third kappa shape index (κ3) is 8.56. The first kappa shape index (κ1) is 15.8. The molecule has 0 fully saturated rings. The Morgan fingerprint density at radius 2 is 1.94 bits per heavy atom. The van der Waals surface area contributed by atoms with E-state index in [1.165, 1.54) is 18.7 Å². The Morgan fingerprint density at radius 1 is 1.29 bits per heavy atom. The molecule has 7 heteroatoms. The number of nitrogens with one attached hydrogen (secondary N) is 2. The first-order chi connectivity index (χ1) is 7.97. The zero-order valence-electron chi connectivity index (χ0n) is 9.99. The maximum Gasteiger partial charge on any atom is 0.326 e. The van der Waals surface area contributed by atoms with Crippen molar-refractivity contribution in [3.63, 3.8) is 0 Å². The summed E-state index contributed by atoms with van der Waals surface area (Å²) in [6.07, 6.45) is 0.770. The molecular weight excluding hydrogens is 244 g/mol. The van der Waals surface area contributed by atoms with Crippen LogP contribution in [0.5, 0.6) is 0 Å². The number of carboxylic acids is 1. The highest BCUT2D eigenvalue weighted by atomic mass is 32.2. The van der Waals surface area contributed by atoms with E-state index in [4.69, 9.17) is 5.11 Å². The lowest BCUT2D eigenvalue weighted by Gasteiger charge is -2.12. The Kier molecular flexibility index (Phi) is 8.21. The molecule has 0 heterocycles. The maximum absolute atomic E-state index is 10.9. The van der Waals surface area contributed by atoms with Crippen molar-refractivity contribution in [3.05, 3.63) is 0 Å². The molecule has 1 unspecified atom stereocenters. The van der Waals surface area contributed by atoms with Crippen LogP contribution in [0.1, 0.15) is 19.8 Å². The molecule has 0 aliphatic carbocycles. The molecule has 6 nitrogen and oxygen atoms in total. The fraction of sp³-hybridized carbons (Fsp3) is 0.700. The van der Waals surface area contributed by atoms with Crippen molar-refractivity contribution in [1.29, 1.82) is 0 Å². The molecular formula is C10H18N2O4S. The summed E-state index contributed by atoms with van der Waals surface area (Å²) in [5.41, 5.74) is 0. The second-order valence-electron chi connectivity index (χ2n) is 3.42. The fourth-order valence-corrected chi connectivity index (χ4v) is 2.03. The molecule has 17 heavy (non-hydrogen) atoms. The zero-order chi connectivity index (χ0) is 13.3. The number of amides is 2. The summed E-state index contributed by atoms with van der Waals surface area (Å²) in [5.74, 6) is -0.186. The van der Waals surface area contributed by atoms with Crippen LogP contribution in [0.25, 0.3) is 0 Å². The number of hydrogen-bond acceptors (Lipinski definition) is 4. The minimum Gasteiger partial charge on any atom is -0.480 e. The van der Waals surface area contributed by atoms with Crippen molar-refractivity contribution in [2.24, 2.45) is 0 Å². The standard InChI is InChI=1S/C10H18N2O4S/c1-7(13)12-8(10(15)16)3-5-17-6-4-9(14)11-2/h8H,3-6H2,1-2H3,(H,11,14)(H,12,13)(H,15,16). The highest BCUT2D eigenvalue weighted by Gasteiger charge is 2.17. The van der Waals surface area contributed by atoms with Crippen LogP contribution in [0, 0.1) is 0 Å². The average molecular weight is 262 g/mol. The molecule has 0 aliphatic heterocycles. The molecule has 0 aromatic carbocycles. The van der Waals surface area contributed by atoms with Crippen LogP contribution in [-0.2, 0) is 14.4 Å². The Labute approximate surface area is 105 Å². The quantitative estimate of drug-likeness (QED) is 0.528. The Hall–Kier alpha value is -1.24. The number of rotatable bonds is 8. The highest BCUT2D eigenvalue weighted by Crippen LogP contribution is 2.07. The molecule has 2 amide bonds. The third-order valence-electron chi connectivity index (χ3n) is 1.98. The van der Waals surface area contributed by atoms with Gasteiger partial charge in [-0.25, -0.2) is 4.79 Å². The van der Waals surface area contributed by atoms with E-state index in [1.807, 2.05) is 0 Å². The van der Waals surface area contributed by atoms with Crippen molar-refractivity contribution in [2.45, 2.75) is 25.8 Å². The van der Waals surface area contributed by atoms with E-state index in [0.29, 0.717) is 24.3 Å². The van der Waals surface area contributed by atoms with Gasteiger partial charge in [-0.2, -0.15) is 11.8 Å². The molecule has 0 aromatic heterocycles. The van der Waals surface area contributed by atoms with E-state index in [1.54, 1.807) is 7.05 Å². The van der Waals surface area contributed by atoms with E-state index in [9.17, 15) is 14.4 Å². The van der Waals surface area contributed by atoms with Crippen molar-refractivity contribution in [3.8, 4) is 0 Å². The molecule has 98 valence electrons. The molecule has 0 saturated carbocycles. The summed E-state index contributed by atoms with van der Waals surface area (Å²) in [6, 6.07) is -0.847. The van der Waals surface area contributed by atoms with Gasteiger partial charge >= 0.3 is 5.97 Å². The SMILES string of the molecule is CNC(=O)CCSCCC(NC(C)=O)C(=O)O. The van der Waals surface area contributed by atoms with Crippen molar-refractivity contribution >= 4 is 29.5 Å². The first-order valence-corrected chi connectivity index (χ1v) is 6.41. The maximum atomic E-state index is 10.9. The van der Waals surface area contributed by atoms with E-state index in [-0.39, 0.29) is 11.8 Å². The van der Waals surface area contributed by atoms with Gasteiger partial charge in [-0.05, 0) is 12.2 Å². The summed E-state index contributed by atoms with van der Waals surface area (Å²) in [5, 5.41) is 13.7. The predicted octanol–water partition coefficient (Wildman–Crippen LogP) is -0.165. The number of carbonyl (C=O) groups excluding carboxylic acids is 2. The Balaban J connectivity index is 3.72. The number of carbonyl (C=O) groups is 3. The van der Waals surface area contributed by atoms with Crippen LogP contribution in [0.2, 0.25) is 0 Å². The lowest BCUT2D eigenvalue weighted by molar-refractivity contribution is -0.141. The average Bonchev–Trinajstić information content (AvgIpc) is 2.25. The van der Waals surface area contributed by atoms with Crippen LogP contribution in [-0.4, -0.2) is 47.5 Å². The van der Waals surface area contributed by atoms with Crippen molar-refractivity contribution < 1.29 is 19.5 Å². The smallest absolute Gasteiger partial charge is 0.326 e. The Morgan fingerprint density at radius 3 is 2.41 bits per heavy atom. The third-order valence-corrected chi connectivity index (χ3v) is 3.00. The fourth-order valence-electron chi connectivity index (χ4n) is 1.10. The van der Waals surface area contributed by atoms with E-state index < -0.39 is 12.0 Å². The summed E-state index contributed by atoms with van der Waals surface area (Å²) in [6.45, 7) is 1.29. The van der Waals surface area contributed by atoms with E-state index >= 15 is 0 Å². The van der Waals surface area contributed by atoms with Crippen LogP contribution >= 0.6 is 11.8 Å². The van der Waals surface area contributed by atoms with Gasteiger partial charge in [0.15, 0.2) is 0 Å². The molecule has 0 aliphatic rings. The van der Waals surface area contributed by atoms with Crippen LogP contribution in [0.3, 0.4) is 0 Å². The molecule has 0 spiro atoms. The van der Waals surface area contributed by atoms with Gasteiger partial charge in [-0.1, -0.05) is 0 Å². The van der Waals surface area contributed by atoms with Crippen molar-refractivity contribution in [2.75, 3.05) is 18.6 Å². The van der Waals surface area contributed by atoms with Crippen LogP contribution in [0.15, 0.2) is 0 Å². The van der Waals surface area contributed by atoms with Gasteiger partial charge in [-0.3, -0.25) is 9.59 Å². The minimum atomic E-state index is -1.04. The molecule has 0 saturated heterocycles. The van der Waals surface area contributed by atoms with Gasteiger partial charge in [0.2, 0.25) is 11.8 Å². The normalized spacial score (nSPS) is 11.6. The molecule has 1 atom stereocenters. The second kappa shape index (κ2) is 8.86. The summed E-state index contributed by atoms with van der Waals surface area (Å²) in [4.78, 5) is 32.4. The minimum absolute atomic E-state index is 0.0332. The van der Waals surface area contributed by atoms with Gasteiger partial charge in [0, 0.05) is 26.1 Å². The largest absolute Gasteiger partial charge is 0.480 e.